The highest BCUT2D eigenvalue weighted by Gasteiger charge is 2.54. The van der Waals surface area contributed by atoms with Crippen LogP contribution in [0.25, 0.3) is 0 Å². The lowest BCUT2D eigenvalue weighted by molar-refractivity contribution is 0.0844. The maximum Gasteiger partial charge on any atom is 0.235 e. The molecule has 2 saturated heterocycles. The summed E-state index contributed by atoms with van der Waals surface area (Å²) in [4.78, 5) is 9.89. The fourth-order valence-electron chi connectivity index (χ4n) is 4.58. The Kier molecular flexibility index (Phi) is 4.79. The fraction of sp³-hybridized carbons (Fsp3) is 0.889. The largest absolute Gasteiger partial charge is 0.339 e. The Morgan fingerprint density at radius 2 is 1.78 bits per heavy atom. The average molecular weight is 320 g/mol. The van der Waals surface area contributed by atoms with Gasteiger partial charge in [-0.1, -0.05) is 32.9 Å². The molecule has 0 bridgehead atoms. The molecule has 0 N–H and O–H groups in total. The second kappa shape index (κ2) is 6.52. The monoisotopic (exact) mass is 320 g/mol. The first-order valence-electron chi connectivity index (χ1n) is 9.14. The predicted molar refractivity (Wildman–Crippen MR) is 91.4 cm³/mol. The molecular weight excluding hydrogens is 288 g/mol. The van der Waals surface area contributed by atoms with Crippen molar-refractivity contribution < 1.29 is 4.52 Å². The van der Waals surface area contributed by atoms with E-state index in [1.54, 1.807) is 0 Å². The van der Waals surface area contributed by atoms with E-state index in [2.05, 4.69) is 47.6 Å². The summed E-state index contributed by atoms with van der Waals surface area (Å²) < 4.78 is 5.70. The molecule has 1 aromatic heterocycles. The zero-order valence-corrected chi connectivity index (χ0v) is 15.4. The normalized spacial score (nSPS) is 29.6. The summed E-state index contributed by atoms with van der Waals surface area (Å²) in [5.41, 5.74) is 0.0310. The summed E-state index contributed by atoms with van der Waals surface area (Å²) in [5, 5.41) is 4.10. The Hall–Kier alpha value is -0.940. The third kappa shape index (κ3) is 3.45. The number of aromatic nitrogens is 2. The van der Waals surface area contributed by atoms with Crippen LogP contribution in [0.4, 0.5) is 0 Å². The number of likely N-dealkylation sites (tertiary alicyclic amines) is 2. The number of fused-ring (bicyclic) bond motifs is 1. The van der Waals surface area contributed by atoms with Gasteiger partial charge in [0.05, 0.1) is 5.41 Å². The van der Waals surface area contributed by atoms with Gasteiger partial charge in [-0.25, -0.2) is 0 Å². The topological polar surface area (TPSA) is 45.4 Å². The van der Waals surface area contributed by atoms with E-state index in [0.29, 0.717) is 17.8 Å². The van der Waals surface area contributed by atoms with E-state index in [4.69, 9.17) is 4.52 Å². The lowest BCUT2D eigenvalue weighted by atomic mass is 9.73. The molecule has 0 aromatic carbocycles. The van der Waals surface area contributed by atoms with Crippen LogP contribution in [0, 0.1) is 24.7 Å². The Morgan fingerprint density at radius 1 is 1.13 bits per heavy atom. The summed E-state index contributed by atoms with van der Waals surface area (Å²) >= 11 is 0. The standard InChI is InChI=1S/C18H32N4O/c1-13(2)8-21-7-6-16-10-22(9-14(3)4)12-18(16,11-21)17-19-15(5)20-23-17/h13-14,16H,6-12H2,1-5H3/t16-,18-/m0/s1. The number of aryl methyl sites for hydroxylation is 1. The molecule has 3 heterocycles. The van der Waals surface area contributed by atoms with E-state index in [-0.39, 0.29) is 5.41 Å². The molecule has 0 radical (unpaired) electrons. The van der Waals surface area contributed by atoms with Crippen molar-refractivity contribution in [3.63, 3.8) is 0 Å². The maximum absolute atomic E-state index is 5.70. The van der Waals surface area contributed by atoms with Crippen molar-refractivity contribution in [1.82, 2.24) is 19.9 Å². The smallest absolute Gasteiger partial charge is 0.235 e. The van der Waals surface area contributed by atoms with Crippen molar-refractivity contribution in [2.24, 2.45) is 17.8 Å². The van der Waals surface area contributed by atoms with E-state index in [1.807, 2.05) is 6.92 Å². The minimum absolute atomic E-state index is 0.0310. The number of nitrogens with zero attached hydrogens (tertiary/aromatic N) is 4. The van der Waals surface area contributed by atoms with Gasteiger partial charge < -0.3 is 14.3 Å². The van der Waals surface area contributed by atoms with Crippen molar-refractivity contribution >= 4 is 0 Å². The highest BCUT2D eigenvalue weighted by molar-refractivity contribution is 5.17. The lowest BCUT2D eigenvalue weighted by Crippen LogP contribution is -2.52. The summed E-state index contributed by atoms with van der Waals surface area (Å²) in [6.45, 7) is 18.0. The third-order valence-electron chi connectivity index (χ3n) is 5.27. The van der Waals surface area contributed by atoms with Crippen LogP contribution in [0.2, 0.25) is 0 Å². The number of hydrogen-bond donors (Lipinski definition) is 0. The first-order chi connectivity index (χ1) is 10.9. The quantitative estimate of drug-likeness (QED) is 0.834. The van der Waals surface area contributed by atoms with Gasteiger partial charge in [0, 0.05) is 32.7 Å². The Balaban J connectivity index is 1.86. The number of rotatable bonds is 5. The highest BCUT2D eigenvalue weighted by atomic mass is 16.5. The van der Waals surface area contributed by atoms with Crippen LogP contribution in [0.5, 0.6) is 0 Å². The van der Waals surface area contributed by atoms with E-state index in [1.165, 1.54) is 19.5 Å². The molecule has 0 spiro atoms. The number of piperidine rings is 1. The van der Waals surface area contributed by atoms with Crippen molar-refractivity contribution in [3.8, 4) is 0 Å². The second-order valence-corrected chi connectivity index (χ2v) is 8.51. The van der Waals surface area contributed by atoms with Crippen molar-refractivity contribution in [1.29, 1.82) is 0 Å². The molecule has 1 aromatic rings. The molecule has 3 rings (SSSR count). The summed E-state index contributed by atoms with van der Waals surface area (Å²) in [6, 6.07) is 0. The first-order valence-corrected chi connectivity index (χ1v) is 9.14. The predicted octanol–water partition coefficient (Wildman–Crippen LogP) is 2.57. The molecule has 2 fully saturated rings. The average Bonchev–Trinajstić information content (AvgIpc) is 3.01. The van der Waals surface area contributed by atoms with Gasteiger partial charge in [-0.3, -0.25) is 0 Å². The zero-order valence-electron chi connectivity index (χ0n) is 15.4. The molecular formula is C18H32N4O. The first kappa shape index (κ1) is 16.9. The summed E-state index contributed by atoms with van der Waals surface area (Å²) in [5.74, 6) is 3.67. The van der Waals surface area contributed by atoms with Crippen LogP contribution < -0.4 is 0 Å². The van der Waals surface area contributed by atoms with Gasteiger partial charge in [0.1, 0.15) is 0 Å². The van der Waals surface area contributed by atoms with E-state index in [0.717, 1.165) is 37.9 Å². The van der Waals surface area contributed by atoms with Crippen molar-refractivity contribution in [3.05, 3.63) is 11.7 Å². The molecule has 5 heteroatoms. The van der Waals surface area contributed by atoms with Crippen LogP contribution in [-0.2, 0) is 5.41 Å². The molecule has 0 saturated carbocycles. The van der Waals surface area contributed by atoms with Crippen molar-refractivity contribution in [2.75, 3.05) is 39.3 Å². The molecule has 5 nitrogen and oxygen atoms in total. The fourth-order valence-corrected chi connectivity index (χ4v) is 4.58. The number of hydrogen-bond acceptors (Lipinski definition) is 5. The minimum Gasteiger partial charge on any atom is -0.339 e. The molecule has 130 valence electrons. The third-order valence-corrected chi connectivity index (χ3v) is 5.27. The van der Waals surface area contributed by atoms with Crippen LogP contribution in [-0.4, -0.2) is 59.2 Å². The van der Waals surface area contributed by atoms with Crippen LogP contribution in [0.1, 0.15) is 45.8 Å². The van der Waals surface area contributed by atoms with Gasteiger partial charge in [0.15, 0.2) is 5.82 Å². The Labute approximate surface area is 140 Å². The van der Waals surface area contributed by atoms with Crippen LogP contribution >= 0.6 is 0 Å². The SMILES string of the molecule is Cc1noc([C@]23CN(CC(C)C)CC[C@H]2CN(CC(C)C)C3)n1. The highest BCUT2D eigenvalue weighted by Crippen LogP contribution is 2.44. The molecule has 2 aliphatic rings. The molecule has 23 heavy (non-hydrogen) atoms. The molecule has 2 atom stereocenters. The van der Waals surface area contributed by atoms with Crippen molar-refractivity contribution in [2.45, 2.75) is 46.5 Å². The Morgan fingerprint density at radius 3 is 2.39 bits per heavy atom. The summed E-state index contributed by atoms with van der Waals surface area (Å²) in [6.07, 6.45) is 1.24. The van der Waals surface area contributed by atoms with E-state index < -0.39 is 0 Å². The molecule has 2 aliphatic heterocycles. The van der Waals surface area contributed by atoms with Gasteiger partial charge in [-0.05, 0) is 37.6 Å². The van der Waals surface area contributed by atoms with Crippen LogP contribution in [0.3, 0.4) is 0 Å². The second-order valence-electron chi connectivity index (χ2n) is 8.51. The van der Waals surface area contributed by atoms with E-state index in [9.17, 15) is 0 Å². The maximum atomic E-state index is 5.70. The van der Waals surface area contributed by atoms with Gasteiger partial charge in [0.2, 0.25) is 5.89 Å². The lowest BCUT2D eigenvalue weighted by Gasteiger charge is -2.42. The van der Waals surface area contributed by atoms with Crippen LogP contribution in [0.15, 0.2) is 4.52 Å². The Bertz CT molecular complexity index is 519. The molecule has 0 amide bonds. The molecule has 0 aliphatic carbocycles. The van der Waals surface area contributed by atoms with Gasteiger partial charge in [-0.15, -0.1) is 0 Å². The summed E-state index contributed by atoms with van der Waals surface area (Å²) in [7, 11) is 0. The van der Waals surface area contributed by atoms with Gasteiger partial charge >= 0.3 is 0 Å². The zero-order chi connectivity index (χ0) is 16.6. The van der Waals surface area contributed by atoms with E-state index >= 15 is 0 Å². The van der Waals surface area contributed by atoms with Gasteiger partial charge in [-0.2, -0.15) is 4.98 Å². The van der Waals surface area contributed by atoms with Gasteiger partial charge in [0.25, 0.3) is 0 Å². The minimum atomic E-state index is 0.0310. The molecule has 0 unspecified atom stereocenters.